The minimum Gasteiger partial charge on any atom is -0.385 e. The number of H-pyrrole nitrogens is 1. The molecule has 2 aromatic rings. The normalized spacial score (nSPS) is 36.6. The molecule has 1 saturated heterocycles. The van der Waals surface area contributed by atoms with Crippen molar-refractivity contribution in [3.8, 4) is 0 Å². The standard InChI is InChI=1S/C18H20ClN3O3/c19-10-3-14(13-7-20-22-15(13)4-10)18(24)5-11-12(6-18)16(11)21-17(23)9-1-2-25-8-9/h3-4,7,9,11-12,16,24H,1-2,5-6,8H2,(H,20,22)(H,21,23). The molecule has 7 heteroatoms. The van der Waals surface area contributed by atoms with Gasteiger partial charge in [0.15, 0.2) is 0 Å². The number of ether oxygens (including phenoxy) is 1. The molecule has 2 saturated carbocycles. The highest BCUT2D eigenvalue weighted by Gasteiger charge is 2.62. The third-order valence-electron chi connectivity index (χ3n) is 6.11. The number of carbonyl (C=O) groups is 1. The van der Waals surface area contributed by atoms with Crippen LogP contribution >= 0.6 is 11.6 Å². The van der Waals surface area contributed by atoms with Crippen molar-refractivity contribution < 1.29 is 14.6 Å². The highest BCUT2D eigenvalue weighted by molar-refractivity contribution is 6.31. The van der Waals surface area contributed by atoms with E-state index >= 15 is 0 Å². The number of rotatable bonds is 3. The fourth-order valence-corrected chi connectivity index (χ4v) is 4.94. The van der Waals surface area contributed by atoms with E-state index < -0.39 is 5.60 Å². The van der Waals surface area contributed by atoms with Crippen molar-refractivity contribution in [3.63, 3.8) is 0 Å². The Morgan fingerprint density at radius 3 is 2.92 bits per heavy atom. The summed E-state index contributed by atoms with van der Waals surface area (Å²) in [5, 5.41) is 22.9. The first-order valence-electron chi connectivity index (χ1n) is 8.79. The Morgan fingerprint density at radius 2 is 2.20 bits per heavy atom. The first-order valence-corrected chi connectivity index (χ1v) is 9.16. The predicted molar refractivity (Wildman–Crippen MR) is 92.1 cm³/mol. The van der Waals surface area contributed by atoms with Crippen molar-refractivity contribution in [2.75, 3.05) is 13.2 Å². The number of benzene rings is 1. The molecule has 3 fully saturated rings. The molecule has 3 N–H and O–H groups in total. The molecule has 1 aliphatic heterocycles. The number of aromatic amines is 1. The second-order valence-corrected chi connectivity index (χ2v) is 8.08. The molecule has 6 nitrogen and oxygen atoms in total. The molecule has 132 valence electrons. The van der Waals surface area contributed by atoms with E-state index in [0.717, 1.165) is 22.9 Å². The van der Waals surface area contributed by atoms with E-state index in [2.05, 4.69) is 15.5 Å². The maximum Gasteiger partial charge on any atom is 0.225 e. The lowest BCUT2D eigenvalue weighted by molar-refractivity contribution is -0.125. The van der Waals surface area contributed by atoms with E-state index in [4.69, 9.17) is 16.3 Å². The maximum atomic E-state index is 12.3. The van der Waals surface area contributed by atoms with Crippen LogP contribution in [-0.4, -0.2) is 40.5 Å². The lowest BCUT2D eigenvalue weighted by Crippen LogP contribution is -2.37. The van der Waals surface area contributed by atoms with Crippen molar-refractivity contribution in [1.82, 2.24) is 15.5 Å². The highest BCUT2D eigenvalue weighted by atomic mass is 35.5. The van der Waals surface area contributed by atoms with Crippen LogP contribution in [0.4, 0.5) is 0 Å². The molecule has 1 amide bonds. The van der Waals surface area contributed by atoms with Crippen molar-refractivity contribution >= 4 is 28.4 Å². The first kappa shape index (κ1) is 15.6. The van der Waals surface area contributed by atoms with Gasteiger partial charge in [-0.2, -0.15) is 5.10 Å². The molecule has 1 aromatic carbocycles. The number of fused-ring (bicyclic) bond motifs is 2. The number of hydrogen-bond donors (Lipinski definition) is 3. The van der Waals surface area contributed by atoms with Gasteiger partial charge in [-0.25, -0.2) is 0 Å². The molecular weight excluding hydrogens is 342 g/mol. The number of aliphatic hydroxyl groups is 1. The Hall–Kier alpha value is -1.63. The molecule has 3 atom stereocenters. The number of hydrogen-bond acceptors (Lipinski definition) is 4. The molecule has 25 heavy (non-hydrogen) atoms. The molecule has 3 unspecified atom stereocenters. The topological polar surface area (TPSA) is 87.2 Å². The van der Waals surface area contributed by atoms with Crippen molar-refractivity contribution in [2.24, 2.45) is 17.8 Å². The second kappa shape index (κ2) is 5.43. The van der Waals surface area contributed by atoms with Crippen LogP contribution in [0, 0.1) is 17.8 Å². The first-order chi connectivity index (χ1) is 12.0. The van der Waals surface area contributed by atoms with Gasteiger partial charge in [-0.3, -0.25) is 9.89 Å². The summed E-state index contributed by atoms with van der Waals surface area (Å²) in [6.45, 7) is 1.20. The Morgan fingerprint density at radius 1 is 1.40 bits per heavy atom. The van der Waals surface area contributed by atoms with Gasteiger partial charge in [-0.15, -0.1) is 0 Å². The monoisotopic (exact) mass is 361 g/mol. The van der Waals surface area contributed by atoms with Crippen molar-refractivity contribution in [3.05, 3.63) is 28.9 Å². The van der Waals surface area contributed by atoms with Crippen LogP contribution in [0.2, 0.25) is 5.02 Å². The van der Waals surface area contributed by atoms with Crippen LogP contribution in [0.1, 0.15) is 24.8 Å². The van der Waals surface area contributed by atoms with E-state index in [-0.39, 0.29) is 17.9 Å². The lowest BCUT2D eigenvalue weighted by Gasteiger charge is -2.27. The minimum atomic E-state index is -0.903. The van der Waals surface area contributed by atoms with Gasteiger partial charge in [0.1, 0.15) is 0 Å². The summed E-state index contributed by atoms with van der Waals surface area (Å²) in [5.41, 5.74) is 0.771. The van der Waals surface area contributed by atoms with Crippen LogP contribution in [0.5, 0.6) is 0 Å². The fourth-order valence-electron chi connectivity index (χ4n) is 4.72. The highest BCUT2D eigenvalue weighted by Crippen LogP contribution is 2.60. The Kier molecular flexibility index (Phi) is 3.39. The number of nitrogens with zero attached hydrogens (tertiary/aromatic N) is 1. The fraction of sp³-hybridized carbons (Fsp3) is 0.556. The number of halogens is 1. The summed E-state index contributed by atoms with van der Waals surface area (Å²) in [6.07, 6.45) is 3.83. The van der Waals surface area contributed by atoms with Gasteiger partial charge in [0.25, 0.3) is 0 Å². The number of amides is 1. The largest absolute Gasteiger partial charge is 0.385 e. The van der Waals surface area contributed by atoms with Gasteiger partial charge < -0.3 is 15.2 Å². The zero-order valence-corrected chi connectivity index (χ0v) is 14.4. The van der Waals surface area contributed by atoms with Gasteiger partial charge in [-0.1, -0.05) is 11.6 Å². The smallest absolute Gasteiger partial charge is 0.225 e. The van der Waals surface area contributed by atoms with E-state index in [1.807, 2.05) is 12.1 Å². The van der Waals surface area contributed by atoms with Gasteiger partial charge in [0, 0.05) is 23.1 Å². The summed E-state index contributed by atoms with van der Waals surface area (Å²) in [5.74, 6) is 0.744. The Labute approximate surface area is 149 Å². The van der Waals surface area contributed by atoms with Crippen molar-refractivity contribution in [2.45, 2.75) is 30.9 Å². The molecule has 0 radical (unpaired) electrons. The van der Waals surface area contributed by atoms with E-state index in [1.54, 1.807) is 6.20 Å². The summed E-state index contributed by atoms with van der Waals surface area (Å²) in [6, 6.07) is 3.85. The summed E-state index contributed by atoms with van der Waals surface area (Å²) in [7, 11) is 0. The number of carbonyl (C=O) groups excluding carboxylic acids is 1. The van der Waals surface area contributed by atoms with Gasteiger partial charge >= 0.3 is 0 Å². The molecular formula is C18H20ClN3O3. The quantitative estimate of drug-likeness (QED) is 0.780. The molecule has 5 rings (SSSR count). The maximum absolute atomic E-state index is 12.3. The van der Waals surface area contributed by atoms with E-state index in [1.165, 1.54) is 0 Å². The summed E-state index contributed by atoms with van der Waals surface area (Å²) < 4.78 is 5.29. The van der Waals surface area contributed by atoms with Crippen LogP contribution < -0.4 is 5.32 Å². The minimum absolute atomic E-state index is 0.0151. The predicted octanol–water partition coefficient (Wildman–Crippen LogP) is 1.96. The number of nitrogens with one attached hydrogen (secondary N) is 2. The molecule has 2 aliphatic carbocycles. The molecule has 0 spiro atoms. The zero-order chi connectivity index (χ0) is 17.2. The molecule has 0 bridgehead atoms. The lowest BCUT2D eigenvalue weighted by atomic mass is 9.86. The van der Waals surface area contributed by atoms with Gasteiger partial charge in [0.2, 0.25) is 5.91 Å². The van der Waals surface area contributed by atoms with Crippen LogP contribution in [0.15, 0.2) is 18.3 Å². The molecule has 3 aliphatic rings. The summed E-state index contributed by atoms with van der Waals surface area (Å²) in [4.78, 5) is 12.3. The average Bonchev–Trinajstić information content (AvgIpc) is 3.12. The van der Waals surface area contributed by atoms with Crippen LogP contribution in [-0.2, 0) is 15.1 Å². The van der Waals surface area contributed by atoms with Gasteiger partial charge in [0.05, 0.1) is 29.8 Å². The summed E-state index contributed by atoms with van der Waals surface area (Å²) >= 11 is 6.21. The molecule has 2 heterocycles. The Bertz CT molecular complexity index is 833. The van der Waals surface area contributed by atoms with Crippen molar-refractivity contribution in [1.29, 1.82) is 0 Å². The van der Waals surface area contributed by atoms with Crippen LogP contribution in [0.25, 0.3) is 10.9 Å². The third-order valence-corrected chi connectivity index (χ3v) is 6.33. The SMILES string of the molecule is O=C(NC1C2CC(O)(c3cc(Cl)cc4[nH]ncc34)CC21)C1CCOC1. The van der Waals surface area contributed by atoms with E-state index in [0.29, 0.717) is 42.9 Å². The van der Waals surface area contributed by atoms with Crippen LogP contribution in [0.3, 0.4) is 0 Å². The number of aromatic nitrogens is 2. The van der Waals surface area contributed by atoms with E-state index in [9.17, 15) is 9.90 Å². The van der Waals surface area contributed by atoms with Gasteiger partial charge in [-0.05, 0) is 48.8 Å². The Balaban J connectivity index is 1.32. The second-order valence-electron chi connectivity index (χ2n) is 7.65. The third kappa shape index (κ3) is 2.46. The average molecular weight is 362 g/mol. The molecule has 1 aromatic heterocycles. The zero-order valence-electron chi connectivity index (χ0n) is 13.7.